The number of carbonyl (C=O) groups excluding carboxylic acids is 2. The summed E-state index contributed by atoms with van der Waals surface area (Å²) in [5.74, 6) is -0.893. The van der Waals surface area contributed by atoms with Gasteiger partial charge in [-0.25, -0.2) is 8.42 Å². The van der Waals surface area contributed by atoms with Crippen LogP contribution in [0.1, 0.15) is 25.0 Å². The van der Waals surface area contributed by atoms with Gasteiger partial charge in [-0.3, -0.25) is 13.9 Å². The van der Waals surface area contributed by atoms with Gasteiger partial charge >= 0.3 is 0 Å². The molecule has 3 aromatic carbocycles. The summed E-state index contributed by atoms with van der Waals surface area (Å²) in [4.78, 5) is 28.9. The lowest BCUT2D eigenvalue weighted by atomic mass is 10.0. The molecule has 0 aliphatic rings. The third-order valence-electron chi connectivity index (χ3n) is 5.78. The highest BCUT2D eigenvalue weighted by Gasteiger charge is 2.33. The first kappa shape index (κ1) is 30.9. The largest absolute Gasteiger partial charge is 0.352 e. The average molecular weight is 655 g/mol. The Morgan fingerprint density at radius 1 is 0.923 bits per heavy atom. The molecule has 0 fully saturated rings. The van der Waals surface area contributed by atoms with Crippen molar-refractivity contribution >= 4 is 66.7 Å². The Bertz CT molecular complexity index is 1380. The maximum atomic E-state index is 14.0. The second-order valence-electron chi connectivity index (χ2n) is 9.41. The van der Waals surface area contributed by atoms with E-state index in [1.54, 1.807) is 0 Å². The van der Waals surface area contributed by atoms with Crippen LogP contribution < -0.4 is 9.62 Å². The van der Waals surface area contributed by atoms with Gasteiger partial charge in [-0.15, -0.1) is 0 Å². The molecule has 1 N–H and O–H groups in total. The molecule has 0 bridgehead atoms. The highest BCUT2D eigenvalue weighted by molar-refractivity contribution is 9.10. The third-order valence-corrected chi connectivity index (χ3v) is 7.89. The number of amides is 2. The normalized spacial score (nSPS) is 12.2. The monoisotopic (exact) mass is 653 g/mol. The van der Waals surface area contributed by atoms with Gasteiger partial charge in [0.2, 0.25) is 21.8 Å². The Balaban J connectivity index is 2.06. The standard InChI is InChI=1S/C28H30BrCl2N3O4S/c1-19(2)32-28(36)26(13-20-7-5-4-6-8-20)33(17-21-9-11-22(29)12-10-21)27(35)18-34(39(3,37)38)25-15-23(30)14-24(31)16-25/h4-12,14-16,19,26H,13,17-18H2,1-3H3,(H,32,36). The van der Waals surface area contributed by atoms with E-state index in [0.29, 0.717) is 0 Å². The van der Waals surface area contributed by atoms with Crippen LogP contribution in [0.2, 0.25) is 10.0 Å². The maximum absolute atomic E-state index is 14.0. The van der Waals surface area contributed by atoms with Gasteiger partial charge in [0.15, 0.2) is 0 Å². The van der Waals surface area contributed by atoms with Crippen LogP contribution in [0.3, 0.4) is 0 Å². The van der Waals surface area contributed by atoms with Crippen molar-refractivity contribution in [1.29, 1.82) is 0 Å². The van der Waals surface area contributed by atoms with Gasteiger partial charge < -0.3 is 10.2 Å². The summed E-state index contributed by atoms with van der Waals surface area (Å²) in [6.07, 6.45) is 1.24. The van der Waals surface area contributed by atoms with E-state index in [0.717, 1.165) is 26.2 Å². The van der Waals surface area contributed by atoms with Crippen molar-refractivity contribution in [2.45, 2.75) is 38.9 Å². The van der Waals surface area contributed by atoms with Crippen LogP contribution in [0.15, 0.2) is 77.3 Å². The van der Waals surface area contributed by atoms with E-state index in [-0.39, 0.29) is 40.6 Å². The first-order valence-electron chi connectivity index (χ1n) is 12.2. The first-order valence-corrected chi connectivity index (χ1v) is 15.5. The van der Waals surface area contributed by atoms with Crippen molar-refractivity contribution in [2.75, 3.05) is 17.1 Å². The fraction of sp³-hybridized carbons (Fsp3) is 0.286. The van der Waals surface area contributed by atoms with Gasteiger partial charge in [0.1, 0.15) is 12.6 Å². The third kappa shape index (κ3) is 9.24. The number of hydrogen-bond acceptors (Lipinski definition) is 4. The van der Waals surface area contributed by atoms with Crippen LogP contribution in [-0.2, 0) is 32.6 Å². The quantitative estimate of drug-likeness (QED) is 0.288. The van der Waals surface area contributed by atoms with E-state index >= 15 is 0 Å². The van der Waals surface area contributed by atoms with Crippen molar-refractivity contribution < 1.29 is 18.0 Å². The van der Waals surface area contributed by atoms with Crippen LogP contribution >= 0.6 is 39.1 Å². The lowest BCUT2D eigenvalue weighted by Crippen LogP contribution is -2.54. The Kier molecular flexibility index (Phi) is 10.8. The molecule has 2 amide bonds. The number of nitrogens with zero attached hydrogens (tertiary/aromatic N) is 2. The summed E-state index contributed by atoms with van der Waals surface area (Å²) in [6.45, 7) is 3.22. The van der Waals surface area contributed by atoms with Gasteiger partial charge in [0.05, 0.1) is 11.9 Å². The molecule has 0 saturated carbocycles. The number of anilines is 1. The molecule has 0 aliphatic heterocycles. The molecule has 0 aromatic heterocycles. The molecule has 3 aromatic rings. The molecule has 0 aliphatic carbocycles. The summed E-state index contributed by atoms with van der Waals surface area (Å²) in [7, 11) is -3.92. The van der Waals surface area contributed by atoms with E-state index in [2.05, 4.69) is 21.2 Å². The van der Waals surface area contributed by atoms with Crippen molar-refractivity contribution in [3.05, 3.63) is 98.4 Å². The zero-order valence-electron chi connectivity index (χ0n) is 21.8. The van der Waals surface area contributed by atoms with Crippen LogP contribution in [0.4, 0.5) is 5.69 Å². The zero-order chi connectivity index (χ0) is 28.7. The van der Waals surface area contributed by atoms with E-state index in [1.807, 2.05) is 68.4 Å². The molecule has 0 radical (unpaired) electrons. The molecule has 0 heterocycles. The summed E-state index contributed by atoms with van der Waals surface area (Å²) in [6, 6.07) is 20.0. The lowest BCUT2D eigenvalue weighted by molar-refractivity contribution is -0.140. The van der Waals surface area contributed by atoms with Crippen LogP contribution in [0.25, 0.3) is 0 Å². The maximum Gasteiger partial charge on any atom is 0.244 e. The Labute approximate surface area is 248 Å². The number of benzene rings is 3. The van der Waals surface area contributed by atoms with Crippen molar-refractivity contribution in [3.63, 3.8) is 0 Å². The topological polar surface area (TPSA) is 86.8 Å². The van der Waals surface area contributed by atoms with Crippen LogP contribution in [0.5, 0.6) is 0 Å². The second-order valence-corrected chi connectivity index (χ2v) is 13.1. The van der Waals surface area contributed by atoms with Crippen molar-refractivity contribution in [3.8, 4) is 0 Å². The molecule has 0 saturated heterocycles. The molecular weight excluding hydrogens is 625 g/mol. The SMILES string of the molecule is CC(C)NC(=O)C(Cc1ccccc1)N(Cc1ccc(Br)cc1)C(=O)CN(c1cc(Cl)cc(Cl)c1)S(C)(=O)=O. The molecule has 39 heavy (non-hydrogen) atoms. The van der Waals surface area contributed by atoms with Crippen molar-refractivity contribution in [2.24, 2.45) is 0 Å². The Morgan fingerprint density at radius 3 is 2.05 bits per heavy atom. The summed E-state index contributed by atoms with van der Waals surface area (Å²) in [5, 5.41) is 3.37. The summed E-state index contributed by atoms with van der Waals surface area (Å²) < 4.78 is 27.5. The minimum atomic E-state index is -3.92. The predicted molar refractivity (Wildman–Crippen MR) is 161 cm³/mol. The molecule has 3 rings (SSSR count). The molecular formula is C28H30BrCl2N3O4S. The highest BCUT2D eigenvalue weighted by atomic mass is 79.9. The van der Waals surface area contributed by atoms with E-state index < -0.39 is 28.5 Å². The molecule has 208 valence electrons. The van der Waals surface area contributed by atoms with E-state index in [4.69, 9.17) is 23.2 Å². The number of carbonyl (C=O) groups is 2. The first-order chi connectivity index (χ1) is 18.3. The zero-order valence-corrected chi connectivity index (χ0v) is 25.7. The van der Waals surface area contributed by atoms with E-state index in [1.165, 1.54) is 23.1 Å². The number of sulfonamides is 1. The lowest BCUT2D eigenvalue weighted by Gasteiger charge is -2.34. The molecule has 7 nitrogen and oxygen atoms in total. The fourth-order valence-corrected chi connectivity index (χ4v) is 5.63. The van der Waals surface area contributed by atoms with Gasteiger partial charge in [-0.2, -0.15) is 0 Å². The average Bonchev–Trinajstić information content (AvgIpc) is 2.84. The number of nitrogens with one attached hydrogen (secondary N) is 1. The highest BCUT2D eigenvalue weighted by Crippen LogP contribution is 2.27. The number of rotatable bonds is 11. The second kappa shape index (κ2) is 13.7. The van der Waals surface area contributed by atoms with E-state index in [9.17, 15) is 18.0 Å². The Morgan fingerprint density at radius 2 is 1.51 bits per heavy atom. The predicted octanol–water partition coefficient (Wildman–Crippen LogP) is 5.69. The number of halogens is 3. The van der Waals surface area contributed by atoms with Gasteiger partial charge in [-0.05, 0) is 55.3 Å². The summed E-state index contributed by atoms with van der Waals surface area (Å²) in [5.41, 5.74) is 1.79. The molecule has 11 heteroatoms. The molecule has 1 unspecified atom stereocenters. The minimum absolute atomic E-state index is 0.0863. The summed E-state index contributed by atoms with van der Waals surface area (Å²) >= 11 is 15.7. The molecule has 1 atom stereocenters. The van der Waals surface area contributed by atoms with Crippen LogP contribution in [0, 0.1) is 0 Å². The van der Waals surface area contributed by atoms with Gasteiger partial charge in [-0.1, -0.05) is 81.6 Å². The van der Waals surface area contributed by atoms with Crippen molar-refractivity contribution in [1.82, 2.24) is 10.2 Å². The smallest absolute Gasteiger partial charge is 0.244 e. The molecule has 0 spiro atoms. The van der Waals surface area contributed by atoms with Gasteiger partial charge in [0, 0.05) is 33.5 Å². The minimum Gasteiger partial charge on any atom is -0.352 e. The fourth-order valence-electron chi connectivity index (χ4n) is 4.02. The van der Waals surface area contributed by atoms with Crippen LogP contribution in [-0.4, -0.2) is 50.0 Å². The van der Waals surface area contributed by atoms with Gasteiger partial charge in [0.25, 0.3) is 0 Å². The number of hydrogen-bond donors (Lipinski definition) is 1. The Hall–Kier alpha value is -2.59.